The van der Waals surface area contributed by atoms with E-state index in [1.54, 1.807) is 30.3 Å². The Balaban J connectivity index is 3.23. The number of benzene rings is 1. The van der Waals surface area contributed by atoms with Gasteiger partial charge < -0.3 is 14.0 Å². The van der Waals surface area contributed by atoms with Crippen molar-refractivity contribution in [3.05, 3.63) is 43.0 Å². The highest BCUT2D eigenvalue weighted by Crippen LogP contribution is 2.58. The number of unbranched alkanes of at least 4 members (excludes halogenated alkanes) is 1. The van der Waals surface area contributed by atoms with Crippen molar-refractivity contribution >= 4 is 48.2 Å². The fourth-order valence-corrected chi connectivity index (χ4v) is 6.86. The van der Waals surface area contributed by atoms with E-state index in [1.165, 1.54) is 22.2 Å². The van der Waals surface area contributed by atoms with Crippen LogP contribution in [0.5, 0.6) is 0 Å². The van der Waals surface area contributed by atoms with E-state index in [2.05, 4.69) is 13.5 Å². The van der Waals surface area contributed by atoms with Crippen LogP contribution in [0.3, 0.4) is 0 Å². The minimum Gasteiger partial charge on any atom is -0.446 e. The SMILES string of the molecule is C=CCC(=O)N(C)P(=S)(OC(C)CCCC)N(C)SN(C(=O)OCCOC)c1ccccc1. The molecule has 0 saturated carbocycles. The standard InChI is InChI=1S/C22H36N3O5PS2/c1-7-9-14-19(3)30-31(32,23(4)21(26)13-8-2)24(5)33-25(20-15-11-10-12-16-20)22(27)29-18-17-28-6/h8,10-12,15-16,19H,2,7,9,13-14,17-18H2,1,3-6H3. The molecule has 0 aliphatic heterocycles. The maximum absolute atomic E-state index is 12.9. The van der Waals surface area contributed by atoms with Crippen LogP contribution in [0, 0.1) is 0 Å². The van der Waals surface area contributed by atoms with Crippen molar-refractivity contribution < 1.29 is 23.6 Å². The third-order valence-electron chi connectivity index (χ3n) is 4.57. The molecule has 0 heterocycles. The quantitative estimate of drug-likeness (QED) is 0.128. The Kier molecular flexibility index (Phi) is 13.9. The molecule has 2 unspecified atom stereocenters. The first-order valence-electron chi connectivity index (χ1n) is 10.8. The van der Waals surface area contributed by atoms with Gasteiger partial charge in [-0.05, 0) is 37.3 Å². The summed E-state index contributed by atoms with van der Waals surface area (Å²) in [6, 6.07) is 9.09. The molecule has 0 aliphatic rings. The van der Waals surface area contributed by atoms with Gasteiger partial charge in [-0.2, -0.15) is 4.08 Å². The number of carbonyl (C=O) groups excluding carboxylic acids is 2. The van der Waals surface area contributed by atoms with Gasteiger partial charge in [0.25, 0.3) is 0 Å². The Morgan fingerprint density at radius 2 is 1.91 bits per heavy atom. The lowest BCUT2D eigenvalue weighted by atomic mass is 10.2. The van der Waals surface area contributed by atoms with Gasteiger partial charge >= 0.3 is 6.09 Å². The number of rotatable bonds is 15. The third kappa shape index (κ3) is 9.39. The minimum absolute atomic E-state index is 0.110. The number of hydrogen-bond acceptors (Lipinski definition) is 7. The first-order chi connectivity index (χ1) is 15.7. The molecular weight excluding hydrogens is 481 g/mol. The lowest BCUT2D eigenvalue weighted by Gasteiger charge is -2.39. The van der Waals surface area contributed by atoms with E-state index in [0.717, 1.165) is 31.4 Å². The molecule has 0 aliphatic carbocycles. The predicted molar refractivity (Wildman–Crippen MR) is 139 cm³/mol. The Labute approximate surface area is 207 Å². The van der Waals surface area contributed by atoms with Crippen molar-refractivity contribution in [2.45, 2.75) is 45.6 Å². The summed E-state index contributed by atoms with van der Waals surface area (Å²) in [5.41, 5.74) is 0.609. The zero-order valence-corrected chi connectivity index (χ0v) is 22.7. The van der Waals surface area contributed by atoms with Crippen LogP contribution in [0.1, 0.15) is 39.5 Å². The van der Waals surface area contributed by atoms with Gasteiger partial charge in [-0.1, -0.05) is 44.0 Å². The molecule has 0 bridgehead atoms. The van der Waals surface area contributed by atoms with Crippen molar-refractivity contribution in [2.24, 2.45) is 0 Å². The topological polar surface area (TPSA) is 71.6 Å². The Morgan fingerprint density at radius 1 is 1.24 bits per heavy atom. The monoisotopic (exact) mass is 517 g/mol. The van der Waals surface area contributed by atoms with E-state index in [-0.39, 0.29) is 31.6 Å². The van der Waals surface area contributed by atoms with Gasteiger partial charge in [-0.3, -0.25) is 9.46 Å². The van der Waals surface area contributed by atoms with Crippen molar-refractivity contribution in [3.63, 3.8) is 0 Å². The average Bonchev–Trinajstić information content (AvgIpc) is 2.81. The highest BCUT2D eigenvalue weighted by molar-refractivity contribution is 8.17. The van der Waals surface area contributed by atoms with Crippen molar-refractivity contribution in [2.75, 3.05) is 38.7 Å². The fraction of sp³-hybridized carbons (Fsp3) is 0.545. The van der Waals surface area contributed by atoms with E-state index in [0.29, 0.717) is 5.69 Å². The summed E-state index contributed by atoms with van der Waals surface area (Å²) >= 11 is 7.04. The lowest BCUT2D eigenvalue weighted by molar-refractivity contribution is -0.125. The largest absolute Gasteiger partial charge is 0.446 e. The van der Waals surface area contributed by atoms with Gasteiger partial charge in [-0.15, -0.1) is 6.58 Å². The minimum atomic E-state index is -3.04. The lowest BCUT2D eigenvalue weighted by Crippen LogP contribution is -2.35. The maximum atomic E-state index is 12.9. The van der Waals surface area contributed by atoms with Gasteiger partial charge in [0.05, 0.1) is 30.5 Å². The van der Waals surface area contributed by atoms with Crippen LogP contribution >= 0.6 is 18.7 Å². The van der Waals surface area contributed by atoms with Gasteiger partial charge in [0.2, 0.25) is 12.5 Å². The molecule has 0 N–H and O–H groups in total. The van der Waals surface area contributed by atoms with E-state index in [1.807, 2.05) is 25.1 Å². The van der Waals surface area contributed by atoms with Crippen LogP contribution in [-0.2, 0) is 30.6 Å². The number of para-hydroxylation sites is 1. The summed E-state index contributed by atoms with van der Waals surface area (Å²) in [4.78, 5) is 25.6. The number of carbonyl (C=O) groups is 2. The van der Waals surface area contributed by atoms with E-state index >= 15 is 0 Å². The Morgan fingerprint density at radius 3 is 2.48 bits per heavy atom. The van der Waals surface area contributed by atoms with Crippen molar-refractivity contribution in [1.29, 1.82) is 0 Å². The van der Waals surface area contributed by atoms with Crippen LogP contribution in [0.4, 0.5) is 10.5 Å². The second-order valence-electron chi connectivity index (χ2n) is 7.24. The first kappa shape index (κ1) is 29.6. The summed E-state index contributed by atoms with van der Waals surface area (Å²) in [6.07, 6.45) is 3.78. The van der Waals surface area contributed by atoms with Gasteiger partial charge in [0.1, 0.15) is 6.61 Å². The zero-order valence-electron chi connectivity index (χ0n) is 20.1. The zero-order chi connectivity index (χ0) is 24.9. The number of methoxy groups -OCH3 is 1. The number of ether oxygens (including phenoxy) is 2. The van der Waals surface area contributed by atoms with Crippen molar-refractivity contribution in [3.8, 4) is 0 Å². The molecule has 0 aromatic heterocycles. The molecule has 1 aromatic rings. The summed E-state index contributed by atoms with van der Waals surface area (Å²) < 4.78 is 21.2. The number of amides is 2. The second-order valence-corrected chi connectivity index (χ2v) is 12.4. The molecule has 0 saturated heterocycles. The normalized spacial score (nSPS) is 13.8. The molecule has 0 radical (unpaired) electrons. The second kappa shape index (κ2) is 15.5. The maximum Gasteiger partial charge on any atom is 0.425 e. The molecular formula is C22H36N3O5PS2. The summed E-state index contributed by atoms with van der Waals surface area (Å²) in [7, 11) is 4.91. The highest BCUT2D eigenvalue weighted by Gasteiger charge is 2.37. The fourth-order valence-electron chi connectivity index (χ4n) is 2.69. The Hall–Kier alpha value is -1.42. The Bertz CT molecular complexity index is 799. The molecule has 1 aromatic carbocycles. The van der Waals surface area contributed by atoms with Crippen LogP contribution < -0.4 is 4.31 Å². The number of anilines is 1. The van der Waals surface area contributed by atoms with Crippen LogP contribution in [0.2, 0.25) is 0 Å². The number of hydrogen-bond donors (Lipinski definition) is 0. The van der Waals surface area contributed by atoms with E-state index in [4.69, 9.17) is 25.8 Å². The smallest absolute Gasteiger partial charge is 0.425 e. The van der Waals surface area contributed by atoms with Crippen LogP contribution in [-0.4, -0.2) is 61.3 Å². The average molecular weight is 518 g/mol. The van der Waals surface area contributed by atoms with E-state index < -0.39 is 12.7 Å². The van der Waals surface area contributed by atoms with E-state index in [9.17, 15) is 9.59 Å². The van der Waals surface area contributed by atoms with Crippen LogP contribution in [0.25, 0.3) is 0 Å². The number of nitrogens with zero attached hydrogens (tertiary/aromatic N) is 3. The summed E-state index contributed by atoms with van der Waals surface area (Å²) in [6.45, 7) is 5.07. The van der Waals surface area contributed by atoms with Crippen LogP contribution in [0.15, 0.2) is 43.0 Å². The predicted octanol–water partition coefficient (Wildman–Crippen LogP) is 5.63. The molecule has 11 heteroatoms. The molecule has 8 nitrogen and oxygen atoms in total. The molecule has 0 fully saturated rings. The first-order valence-corrected chi connectivity index (χ1v) is 14.2. The molecule has 0 spiro atoms. The molecule has 1 rings (SSSR count). The van der Waals surface area contributed by atoms with Gasteiger partial charge in [-0.25, -0.2) is 9.10 Å². The van der Waals surface area contributed by atoms with Gasteiger partial charge in [0.15, 0.2) is 0 Å². The molecule has 2 atom stereocenters. The molecule has 2 amide bonds. The highest BCUT2D eigenvalue weighted by atomic mass is 32.5. The van der Waals surface area contributed by atoms with Crippen molar-refractivity contribution in [1.82, 2.24) is 8.75 Å². The molecule has 33 heavy (non-hydrogen) atoms. The summed E-state index contributed by atoms with van der Waals surface area (Å²) in [5, 5.41) is 0. The molecule has 186 valence electrons. The van der Waals surface area contributed by atoms with Gasteiger partial charge in [0, 0.05) is 27.6 Å². The summed E-state index contributed by atoms with van der Waals surface area (Å²) in [5.74, 6) is -0.197. The third-order valence-corrected chi connectivity index (χ3v) is 10.6.